The highest BCUT2D eigenvalue weighted by atomic mass is 19.1. The summed E-state index contributed by atoms with van der Waals surface area (Å²) in [6, 6.07) is 6.11. The van der Waals surface area contributed by atoms with Crippen LogP contribution in [0.25, 0.3) is 11.3 Å². The molecule has 4 rings (SSSR count). The fourth-order valence-electron chi connectivity index (χ4n) is 4.73. The number of hydrogen-bond donors (Lipinski definition) is 2. The van der Waals surface area contributed by atoms with Crippen LogP contribution < -0.4 is 20.3 Å². The van der Waals surface area contributed by atoms with Crippen molar-refractivity contribution in [2.45, 2.75) is 46.1 Å². The van der Waals surface area contributed by atoms with Crippen LogP contribution in [0.4, 0.5) is 4.39 Å². The smallest absolute Gasteiger partial charge is 0.326 e. The van der Waals surface area contributed by atoms with Crippen LogP contribution in [-0.4, -0.2) is 45.8 Å². The Morgan fingerprint density at radius 1 is 1.13 bits per heavy atom. The Kier molecular flexibility index (Phi) is 7.80. The molecule has 0 bridgehead atoms. The molecule has 200 valence electrons. The van der Waals surface area contributed by atoms with Crippen molar-refractivity contribution in [3.05, 3.63) is 74.6 Å². The lowest BCUT2D eigenvalue weighted by atomic mass is 9.99. The second kappa shape index (κ2) is 11.0. The average molecular weight is 524 g/mol. The number of ether oxygens (including phenoxy) is 2. The number of amides is 1. The lowest BCUT2D eigenvalue weighted by Crippen LogP contribution is -2.43. The molecular formula is C28H30FN3O6. The summed E-state index contributed by atoms with van der Waals surface area (Å²) in [7, 11) is 1.71. The molecule has 0 spiro atoms. The molecule has 1 aromatic heterocycles. The van der Waals surface area contributed by atoms with Gasteiger partial charge in [-0.2, -0.15) is 0 Å². The van der Waals surface area contributed by atoms with E-state index in [2.05, 4.69) is 10.3 Å². The van der Waals surface area contributed by atoms with Gasteiger partial charge in [0, 0.05) is 24.7 Å². The lowest BCUT2D eigenvalue weighted by molar-refractivity contribution is -0.139. The maximum absolute atomic E-state index is 14.3. The Morgan fingerprint density at radius 2 is 1.84 bits per heavy atom. The number of halogens is 1. The summed E-state index contributed by atoms with van der Waals surface area (Å²) in [5, 5.41) is 12.3. The van der Waals surface area contributed by atoms with Gasteiger partial charge in [0.05, 0.1) is 16.8 Å². The minimum atomic E-state index is -1.37. The van der Waals surface area contributed by atoms with E-state index in [4.69, 9.17) is 9.47 Å². The number of carboxylic acids is 1. The van der Waals surface area contributed by atoms with Gasteiger partial charge in [-0.25, -0.2) is 14.2 Å². The van der Waals surface area contributed by atoms with E-state index in [1.165, 1.54) is 6.07 Å². The number of rotatable bonds is 8. The summed E-state index contributed by atoms with van der Waals surface area (Å²) in [4.78, 5) is 42.7. The first-order valence-corrected chi connectivity index (χ1v) is 12.5. The highest BCUT2D eigenvalue weighted by Crippen LogP contribution is 2.42. The van der Waals surface area contributed by atoms with E-state index < -0.39 is 23.7 Å². The van der Waals surface area contributed by atoms with E-state index in [1.54, 1.807) is 36.7 Å². The van der Waals surface area contributed by atoms with Crippen molar-refractivity contribution in [1.82, 2.24) is 14.9 Å². The number of benzene rings is 2. The van der Waals surface area contributed by atoms with Gasteiger partial charge >= 0.3 is 5.97 Å². The molecule has 9 nitrogen and oxygen atoms in total. The van der Waals surface area contributed by atoms with Crippen molar-refractivity contribution in [2.24, 2.45) is 7.05 Å². The second-order valence-corrected chi connectivity index (χ2v) is 9.05. The molecule has 1 aliphatic heterocycles. The van der Waals surface area contributed by atoms with E-state index in [1.807, 2.05) is 13.8 Å². The zero-order chi connectivity index (χ0) is 27.6. The highest BCUT2D eigenvalue weighted by Gasteiger charge is 2.29. The Balaban J connectivity index is 1.73. The Morgan fingerprint density at radius 3 is 2.47 bits per heavy atom. The molecule has 0 saturated carbocycles. The number of fused-ring (bicyclic) bond motifs is 1. The summed E-state index contributed by atoms with van der Waals surface area (Å²) in [5.41, 5.74) is 2.68. The molecule has 0 fully saturated rings. The number of hydrogen-bond acceptors (Lipinski definition) is 6. The first-order valence-electron chi connectivity index (χ1n) is 12.5. The first kappa shape index (κ1) is 26.8. The number of aliphatic carboxylic acids is 1. The van der Waals surface area contributed by atoms with Crippen LogP contribution in [0.2, 0.25) is 0 Å². The number of nitrogens with one attached hydrogen (secondary N) is 1. The zero-order valence-electron chi connectivity index (χ0n) is 21.8. The number of aromatic nitrogens is 2. The van der Waals surface area contributed by atoms with Gasteiger partial charge in [-0.3, -0.25) is 9.59 Å². The maximum Gasteiger partial charge on any atom is 0.326 e. The van der Waals surface area contributed by atoms with Gasteiger partial charge in [-0.1, -0.05) is 32.0 Å². The summed E-state index contributed by atoms with van der Waals surface area (Å²) >= 11 is 0. The molecule has 10 heteroatoms. The van der Waals surface area contributed by atoms with E-state index in [9.17, 15) is 23.9 Å². The summed E-state index contributed by atoms with van der Waals surface area (Å²) in [6.45, 7) is 5.97. The quantitative estimate of drug-likeness (QED) is 0.465. The minimum absolute atomic E-state index is 0.152. The molecule has 2 N–H and O–H groups in total. The predicted molar refractivity (Wildman–Crippen MR) is 138 cm³/mol. The molecule has 3 aromatic rings. The fourth-order valence-corrected chi connectivity index (χ4v) is 4.73. The van der Waals surface area contributed by atoms with Crippen LogP contribution in [0.1, 0.15) is 46.7 Å². The molecule has 38 heavy (non-hydrogen) atoms. The molecule has 2 heterocycles. The standard InChI is InChI=1S/C28H30FN3O6/c1-5-19-21(6-2)32(4)27(34)23(30-19)17-11-10-16(24-25(17)38-13-12-37-24)14-20(28(35)36)31-26(33)22-15(3)8-7-9-18(22)29/h7-11,20H,5-6,12-14H2,1-4H3,(H,31,33)(H,35,36)/t20-/m0/s1. The lowest BCUT2D eigenvalue weighted by Gasteiger charge is -2.25. The van der Waals surface area contributed by atoms with Crippen LogP contribution in [0, 0.1) is 12.7 Å². The number of carbonyl (C=O) groups excluding carboxylic acids is 1. The van der Waals surface area contributed by atoms with Gasteiger partial charge in [0.2, 0.25) is 0 Å². The van der Waals surface area contributed by atoms with Gasteiger partial charge in [0.25, 0.3) is 11.5 Å². The van der Waals surface area contributed by atoms with Crippen molar-refractivity contribution >= 4 is 11.9 Å². The van der Waals surface area contributed by atoms with Crippen molar-refractivity contribution in [3.63, 3.8) is 0 Å². The SMILES string of the molecule is CCc1nc(-c2ccc(C[C@H](NC(=O)c3c(C)cccc3F)C(=O)O)c3c2OCCO3)c(=O)n(C)c1CC. The van der Waals surface area contributed by atoms with Crippen molar-refractivity contribution in [3.8, 4) is 22.8 Å². The van der Waals surface area contributed by atoms with Gasteiger partial charge in [-0.15, -0.1) is 0 Å². The van der Waals surface area contributed by atoms with E-state index in [0.717, 1.165) is 17.5 Å². The molecular weight excluding hydrogens is 493 g/mol. The highest BCUT2D eigenvalue weighted by molar-refractivity contribution is 5.98. The van der Waals surface area contributed by atoms with Crippen LogP contribution in [-0.2, 0) is 31.1 Å². The Labute approximate surface area is 219 Å². The average Bonchev–Trinajstić information content (AvgIpc) is 2.89. The predicted octanol–water partition coefficient (Wildman–Crippen LogP) is 3.22. The number of aryl methyl sites for hydroxylation is 2. The molecule has 1 amide bonds. The minimum Gasteiger partial charge on any atom is -0.486 e. The molecule has 1 aliphatic rings. The van der Waals surface area contributed by atoms with Crippen molar-refractivity contribution in [2.75, 3.05) is 13.2 Å². The molecule has 0 saturated heterocycles. The van der Waals surface area contributed by atoms with E-state index in [-0.39, 0.29) is 42.2 Å². The Bertz CT molecular complexity index is 1450. The fraction of sp³-hybridized carbons (Fsp3) is 0.357. The first-order chi connectivity index (χ1) is 18.2. The van der Waals surface area contributed by atoms with Crippen LogP contribution >= 0.6 is 0 Å². The molecule has 2 aromatic carbocycles. The van der Waals surface area contributed by atoms with E-state index in [0.29, 0.717) is 35.3 Å². The van der Waals surface area contributed by atoms with Gasteiger partial charge in [0.1, 0.15) is 30.8 Å². The topological polar surface area (TPSA) is 120 Å². The third kappa shape index (κ3) is 4.98. The van der Waals surface area contributed by atoms with Crippen molar-refractivity contribution < 1.29 is 28.6 Å². The van der Waals surface area contributed by atoms with Crippen LogP contribution in [0.3, 0.4) is 0 Å². The summed E-state index contributed by atoms with van der Waals surface area (Å²) < 4.78 is 27.7. The Hall–Kier alpha value is -4.21. The molecule has 1 atom stereocenters. The number of carboxylic acid groups (broad SMARTS) is 1. The third-order valence-electron chi connectivity index (χ3n) is 6.66. The number of nitrogens with zero attached hydrogens (tertiary/aromatic N) is 2. The van der Waals surface area contributed by atoms with Gasteiger partial charge < -0.3 is 24.5 Å². The van der Waals surface area contributed by atoms with Gasteiger partial charge in [-0.05, 0) is 37.5 Å². The summed E-state index contributed by atoms with van der Waals surface area (Å²) in [6.07, 6.45) is 1.15. The van der Waals surface area contributed by atoms with Crippen molar-refractivity contribution in [1.29, 1.82) is 0 Å². The van der Waals surface area contributed by atoms with Crippen LogP contribution in [0.15, 0.2) is 35.1 Å². The maximum atomic E-state index is 14.3. The molecule has 0 aliphatic carbocycles. The molecule has 0 radical (unpaired) electrons. The largest absolute Gasteiger partial charge is 0.486 e. The van der Waals surface area contributed by atoms with Crippen LogP contribution in [0.5, 0.6) is 11.5 Å². The van der Waals surface area contributed by atoms with Gasteiger partial charge in [0.15, 0.2) is 11.5 Å². The third-order valence-corrected chi connectivity index (χ3v) is 6.66. The molecule has 0 unspecified atom stereocenters. The zero-order valence-corrected chi connectivity index (χ0v) is 21.8. The normalized spacial score (nSPS) is 13.2. The summed E-state index contributed by atoms with van der Waals surface area (Å²) in [5.74, 6) is -2.27. The number of carbonyl (C=O) groups is 2. The van der Waals surface area contributed by atoms with E-state index >= 15 is 0 Å². The second-order valence-electron chi connectivity index (χ2n) is 9.05. The monoisotopic (exact) mass is 523 g/mol.